The molecule has 1 aliphatic heterocycles. The number of hydrogen-bond donors (Lipinski definition) is 2. The van der Waals surface area contributed by atoms with Crippen molar-refractivity contribution in [2.75, 3.05) is 13.1 Å². The van der Waals surface area contributed by atoms with Crippen LogP contribution in [0.1, 0.15) is 11.1 Å². The zero-order valence-electron chi connectivity index (χ0n) is 9.22. The molecule has 1 fully saturated rings. The quantitative estimate of drug-likeness (QED) is 0.815. The number of nitrogens with one attached hydrogen (secondary N) is 2. The zero-order chi connectivity index (χ0) is 11.5. The summed E-state index contributed by atoms with van der Waals surface area (Å²) in [6.45, 7) is 3.51. The van der Waals surface area contributed by atoms with E-state index >= 15 is 0 Å². The summed E-state index contributed by atoms with van der Waals surface area (Å²) >= 11 is 6.05. The first kappa shape index (κ1) is 11.4. The fraction of sp³-hybridized carbons (Fsp3) is 0.417. The highest BCUT2D eigenvalue weighted by Gasteiger charge is 2.21. The molecule has 0 radical (unpaired) electrons. The molecule has 1 aromatic rings. The molecule has 1 atom stereocenters. The molecule has 1 amide bonds. The van der Waals surface area contributed by atoms with Crippen molar-refractivity contribution in [2.45, 2.75) is 19.4 Å². The molecule has 2 N–H and O–H groups in total. The van der Waals surface area contributed by atoms with Crippen LogP contribution in [-0.2, 0) is 11.2 Å². The minimum atomic E-state index is -0.132. The Labute approximate surface area is 100 Å². The van der Waals surface area contributed by atoms with Crippen LogP contribution in [0.25, 0.3) is 0 Å². The molecule has 4 heteroatoms. The molecule has 0 bridgehead atoms. The lowest BCUT2D eigenvalue weighted by atomic mass is 10.0. The van der Waals surface area contributed by atoms with E-state index in [9.17, 15) is 4.79 Å². The van der Waals surface area contributed by atoms with Gasteiger partial charge in [0.2, 0.25) is 5.91 Å². The first-order chi connectivity index (χ1) is 7.66. The summed E-state index contributed by atoms with van der Waals surface area (Å²) in [6.07, 6.45) is 0.686. The smallest absolute Gasteiger partial charge is 0.237 e. The summed E-state index contributed by atoms with van der Waals surface area (Å²) in [4.78, 5) is 11.5. The van der Waals surface area contributed by atoms with E-state index in [1.54, 1.807) is 0 Å². The number of piperazine rings is 1. The van der Waals surface area contributed by atoms with Crippen LogP contribution in [-0.4, -0.2) is 25.0 Å². The van der Waals surface area contributed by atoms with Crippen molar-refractivity contribution in [2.24, 2.45) is 0 Å². The highest BCUT2D eigenvalue weighted by molar-refractivity contribution is 6.31. The average molecular weight is 239 g/mol. The number of carbonyl (C=O) groups excluding carboxylic acids is 1. The third kappa shape index (κ3) is 2.54. The van der Waals surface area contributed by atoms with Crippen molar-refractivity contribution in [1.29, 1.82) is 0 Å². The van der Waals surface area contributed by atoms with E-state index in [0.717, 1.165) is 22.7 Å². The molecule has 0 aliphatic carbocycles. The van der Waals surface area contributed by atoms with Gasteiger partial charge in [0.15, 0.2) is 0 Å². The van der Waals surface area contributed by atoms with Gasteiger partial charge in [-0.25, -0.2) is 0 Å². The summed E-state index contributed by atoms with van der Waals surface area (Å²) in [5.41, 5.74) is 2.15. The Kier molecular flexibility index (Phi) is 3.46. The van der Waals surface area contributed by atoms with E-state index in [0.29, 0.717) is 13.0 Å². The summed E-state index contributed by atoms with van der Waals surface area (Å²) in [6, 6.07) is 5.80. The maximum atomic E-state index is 11.5. The van der Waals surface area contributed by atoms with Crippen molar-refractivity contribution in [1.82, 2.24) is 10.6 Å². The topological polar surface area (TPSA) is 41.1 Å². The highest BCUT2D eigenvalue weighted by Crippen LogP contribution is 2.17. The van der Waals surface area contributed by atoms with Gasteiger partial charge in [-0.15, -0.1) is 0 Å². The van der Waals surface area contributed by atoms with Gasteiger partial charge in [0.25, 0.3) is 0 Å². The number of rotatable bonds is 2. The molecule has 1 aromatic carbocycles. The van der Waals surface area contributed by atoms with Crippen LogP contribution >= 0.6 is 11.6 Å². The van der Waals surface area contributed by atoms with Crippen LogP contribution in [0.2, 0.25) is 5.02 Å². The number of benzene rings is 1. The third-order valence-electron chi connectivity index (χ3n) is 2.81. The number of hydrogen-bond acceptors (Lipinski definition) is 2. The van der Waals surface area contributed by atoms with Gasteiger partial charge in [-0.3, -0.25) is 4.79 Å². The Morgan fingerprint density at radius 2 is 2.25 bits per heavy atom. The number of carbonyl (C=O) groups is 1. The van der Waals surface area contributed by atoms with Crippen molar-refractivity contribution in [3.63, 3.8) is 0 Å². The third-order valence-corrected chi connectivity index (χ3v) is 3.21. The Balaban J connectivity index is 2.08. The van der Waals surface area contributed by atoms with Crippen LogP contribution in [0.15, 0.2) is 18.2 Å². The van der Waals surface area contributed by atoms with Crippen molar-refractivity contribution < 1.29 is 4.79 Å². The van der Waals surface area contributed by atoms with Gasteiger partial charge in [0.05, 0.1) is 6.04 Å². The van der Waals surface area contributed by atoms with Crippen LogP contribution in [0.5, 0.6) is 0 Å². The van der Waals surface area contributed by atoms with E-state index in [4.69, 9.17) is 11.6 Å². The normalized spacial score (nSPS) is 20.6. The molecule has 3 nitrogen and oxygen atoms in total. The monoisotopic (exact) mass is 238 g/mol. The van der Waals surface area contributed by atoms with Crippen LogP contribution in [0, 0.1) is 6.92 Å². The van der Waals surface area contributed by atoms with Crippen LogP contribution in [0.3, 0.4) is 0 Å². The van der Waals surface area contributed by atoms with E-state index in [-0.39, 0.29) is 11.9 Å². The lowest BCUT2D eigenvalue weighted by Gasteiger charge is -2.23. The standard InChI is InChI=1S/C12H15ClN2O/c1-8-2-3-9(6-10(8)13)7-11-12(16)15-5-4-14-11/h2-3,6,11,14H,4-5,7H2,1H3,(H,15,16). The van der Waals surface area contributed by atoms with Gasteiger partial charge in [0, 0.05) is 18.1 Å². The predicted octanol–water partition coefficient (Wildman–Crippen LogP) is 1.28. The minimum absolute atomic E-state index is 0.0722. The number of aryl methyl sites for hydroxylation is 1. The summed E-state index contributed by atoms with van der Waals surface area (Å²) in [5.74, 6) is 0.0722. The Morgan fingerprint density at radius 1 is 1.44 bits per heavy atom. The molecule has 2 rings (SSSR count). The SMILES string of the molecule is Cc1ccc(CC2NCCNC2=O)cc1Cl. The van der Waals surface area contributed by atoms with Gasteiger partial charge in [0.1, 0.15) is 0 Å². The van der Waals surface area contributed by atoms with Crippen LogP contribution < -0.4 is 10.6 Å². The number of amides is 1. The first-order valence-corrected chi connectivity index (χ1v) is 5.81. The lowest BCUT2D eigenvalue weighted by molar-refractivity contribution is -0.124. The molecule has 1 saturated heterocycles. The van der Waals surface area contributed by atoms with E-state index < -0.39 is 0 Å². The Bertz CT molecular complexity index is 406. The van der Waals surface area contributed by atoms with E-state index in [2.05, 4.69) is 10.6 Å². The van der Waals surface area contributed by atoms with Crippen molar-refractivity contribution in [3.8, 4) is 0 Å². The molecule has 0 aromatic heterocycles. The molecular formula is C12H15ClN2O. The first-order valence-electron chi connectivity index (χ1n) is 5.43. The second-order valence-corrected chi connectivity index (χ2v) is 4.49. The average Bonchev–Trinajstić information content (AvgIpc) is 2.27. The fourth-order valence-corrected chi connectivity index (χ4v) is 2.02. The lowest BCUT2D eigenvalue weighted by Crippen LogP contribution is -2.53. The summed E-state index contributed by atoms with van der Waals surface area (Å²) in [5, 5.41) is 6.80. The second kappa shape index (κ2) is 4.85. The van der Waals surface area contributed by atoms with E-state index in [1.807, 2.05) is 25.1 Å². The largest absolute Gasteiger partial charge is 0.353 e. The Morgan fingerprint density at radius 3 is 2.94 bits per heavy atom. The molecule has 0 spiro atoms. The summed E-state index contributed by atoms with van der Waals surface area (Å²) in [7, 11) is 0. The van der Waals surface area contributed by atoms with Gasteiger partial charge in [-0.2, -0.15) is 0 Å². The van der Waals surface area contributed by atoms with Gasteiger partial charge in [-0.05, 0) is 30.5 Å². The molecule has 0 saturated carbocycles. The summed E-state index contributed by atoms with van der Waals surface area (Å²) < 4.78 is 0. The second-order valence-electron chi connectivity index (χ2n) is 4.09. The molecular weight excluding hydrogens is 224 g/mol. The minimum Gasteiger partial charge on any atom is -0.353 e. The van der Waals surface area contributed by atoms with Gasteiger partial charge >= 0.3 is 0 Å². The molecule has 1 unspecified atom stereocenters. The van der Waals surface area contributed by atoms with Gasteiger partial charge in [-0.1, -0.05) is 23.7 Å². The van der Waals surface area contributed by atoms with Gasteiger partial charge < -0.3 is 10.6 Å². The highest BCUT2D eigenvalue weighted by atomic mass is 35.5. The predicted molar refractivity (Wildman–Crippen MR) is 64.7 cm³/mol. The van der Waals surface area contributed by atoms with E-state index in [1.165, 1.54) is 0 Å². The Hall–Kier alpha value is -1.06. The zero-order valence-corrected chi connectivity index (χ0v) is 9.97. The van der Waals surface area contributed by atoms with Crippen molar-refractivity contribution in [3.05, 3.63) is 34.3 Å². The number of halogens is 1. The molecule has 1 aliphatic rings. The molecule has 16 heavy (non-hydrogen) atoms. The maximum absolute atomic E-state index is 11.5. The van der Waals surface area contributed by atoms with Crippen LogP contribution in [0.4, 0.5) is 0 Å². The molecule has 1 heterocycles. The fourth-order valence-electron chi connectivity index (χ4n) is 1.81. The maximum Gasteiger partial charge on any atom is 0.237 e. The van der Waals surface area contributed by atoms with Crippen molar-refractivity contribution >= 4 is 17.5 Å². The molecule has 86 valence electrons.